The molecule has 23 heavy (non-hydrogen) atoms. The van der Waals surface area contributed by atoms with E-state index in [9.17, 15) is 10.1 Å². The van der Waals surface area contributed by atoms with E-state index in [4.69, 9.17) is 4.74 Å². The van der Waals surface area contributed by atoms with Gasteiger partial charge in [-0.05, 0) is 50.4 Å². The molecule has 0 unspecified atom stereocenters. The first-order valence-electron chi connectivity index (χ1n) is 7.08. The molecule has 1 amide bonds. The Morgan fingerprint density at radius 2 is 2.17 bits per heavy atom. The monoisotopic (exact) mass is 346 g/mol. The van der Waals surface area contributed by atoms with Crippen LogP contribution in [-0.4, -0.2) is 11.7 Å². The van der Waals surface area contributed by atoms with E-state index < -0.39 is 11.7 Å². The van der Waals surface area contributed by atoms with Gasteiger partial charge in [-0.25, -0.2) is 4.79 Å². The molecular weight excluding hydrogens is 328 g/mol. The van der Waals surface area contributed by atoms with Gasteiger partial charge in [0.25, 0.3) is 0 Å². The lowest BCUT2D eigenvalue weighted by Crippen LogP contribution is -2.31. The van der Waals surface area contributed by atoms with Gasteiger partial charge in [0.15, 0.2) is 0 Å². The molecule has 0 aliphatic rings. The molecule has 0 aliphatic carbocycles. The third-order valence-electron chi connectivity index (χ3n) is 2.68. The summed E-state index contributed by atoms with van der Waals surface area (Å²) in [6, 6.07) is 9.97. The number of nitriles is 1. The maximum atomic E-state index is 11.6. The number of hydrogen-bond acceptors (Lipinski definition) is 5. The number of hydrogen-bond donors (Lipinski definition) is 1. The van der Waals surface area contributed by atoms with Crippen molar-refractivity contribution in [2.45, 2.75) is 32.9 Å². The van der Waals surface area contributed by atoms with Crippen molar-refractivity contribution in [2.75, 3.05) is 0 Å². The number of nitrogens with zero attached hydrogens (tertiary/aromatic N) is 1. The highest BCUT2D eigenvalue weighted by Crippen LogP contribution is 2.25. The zero-order chi connectivity index (χ0) is 16.9. The number of nitrogens with one attached hydrogen (secondary N) is 1. The van der Waals surface area contributed by atoms with E-state index >= 15 is 0 Å². The van der Waals surface area contributed by atoms with Crippen LogP contribution in [0.3, 0.4) is 0 Å². The van der Waals surface area contributed by atoms with Crippen LogP contribution in [-0.2, 0) is 11.3 Å². The first-order chi connectivity index (χ1) is 10.9. The van der Waals surface area contributed by atoms with E-state index in [0.29, 0.717) is 12.1 Å². The number of thiophene rings is 2. The fourth-order valence-corrected chi connectivity index (χ4v) is 3.36. The molecule has 1 N–H and O–H groups in total. The minimum absolute atomic E-state index is 0.411. The molecule has 0 aliphatic heterocycles. The van der Waals surface area contributed by atoms with Crippen LogP contribution in [0.2, 0.25) is 0 Å². The Morgan fingerprint density at radius 3 is 2.78 bits per heavy atom. The Labute approximate surface area is 144 Å². The van der Waals surface area contributed by atoms with Crippen LogP contribution in [0.5, 0.6) is 0 Å². The highest BCUT2D eigenvalue weighted by Gasteiger charge is 2.15. The number of carbonyl (C=O) groups excluding carboxylic acids is 1. The van der Waals surface area contributed by atoms with Gasteiger partial charge in [0.2, 0.25) is 0 Å². The van der Waals surface area contributed by atoms with Gasteiger partial charge >= 0.3 is 6.09 Å². The first-order valence-corrected chi connectivity index (χ1v) is 8.78. The molecule has 0 fully saturated rings. The Balaban J connectivity index is 1.98. The fraction of sp³-hybridized carbons (Fsp3) is 0.294. The Bertz CT molecular complexity index is 731. The Morgan fingerprint density at radius 1 is 1.39 bits per heavy atom. The molecule has 2 rings (SSSR count). The summed E-state index contributed by atoms with van der Waals surface area (Å²) in [5.74, 6) is 0. The van der Waals surface area contributed by atoms with Crippen LogP contribution in [0.1, 0.15) is 35.4 Å². The number of ether oxygens (including phenoxy) is 1. The summed E-state index contributed by atoms with van der Waals surface area (Å²) < 4.78 is 5.20. The molecule has 0 bridgehead atoms. The van der Waals surface area contributed by atoms with Gasteiger partial charge < -0.3 is 10.1 Å². The number of allylic oxidation sites excluding steroid dienone is 1. The second-order valence-corrected chi connectivity index (χ2v) is 7.95. The van der Waals surface area contributed by atoms with Gasteiger partial charge in [-0.1, -0.05) is 6.07 Å². The van der Waals surface area contributed by atoms with Gasteiger partial charge in [-0.2, -0.15) is 5.26 Å². The zero-order valence-electron chi connectivity index (χ0n) is 13.3. The summed E-state index contributed by atoms with van der Waals surface area (Å²) in [4.78, 5) is 14.6. The van der Waals surface area contributed by atoms with Crippen LogP contribution in [0, 0.1) is 11.3 Å². The SMILES string of the molecule is CC(C)(C)OC(=O)NCc1ccc(C=C(C#N)c2cccs2)s1. The highest BCUT2D eigenvalue weighted by molar-refractivity contribution is 7.13. The van der Waals surface area contributed by atoms with Gasteiger partial charge in [0.05, 0.1) is 12.1 Å². The normalized spacial score (nSPS) is 11.8. The van der Waals surface area contributed by atoms with Crippen LogP contribution < -0.4 is 5.32 Å². The number of alkyl carbamates (subject to hydrolysis) is 1. The second-order valence-electron chi connectivity index (χ2n) is 5.81. The van der Waals surface area contributed by atoms with E-state index in [2.05, 4.69) is 11.4 Å². The van der Waals surface area contributed by atoms with Crippen LogP contribution >= 0.6 is 22.7 Å². The quantitative estimate of drug-likeness (QED) is 0.801. The molecule has 0 saturated heterocycles. The van der Waals surface area contributed by atoms with E-state index in [-0.39, 0.29) is 0 Å². The predicted molar refractivity (Wildman–Crippen MR) is 95.2 cm³/mol. The summed E-state index contributed by atoms with van der Waals surface area (Å²) in [6.45, 7) is 5.89. The van der Waals surface area contributed by atoms with Gasteiger partial charge in [-0.3, -0.25) is 0 Å². The van der Waals surface area contributed by atoms with Crippen molar-refractivity contribution in [3.05, 3.63) is 44.3 Å². The molecule has 0 atom stereocenters. The predicted octanol–water partition coefficient (Wildman–Crippen LogP) is 4.90. The van der Waals surface area contributed by atoms with Gasteiger partial charge in [0, 0.05) is 14.6 Å². The summed E-state index contributed by atoms with van der Waals surface area (Å²) in [6.07, 6.45) is 1.44. The van der Waals surface area contributed by atoms with Crippen LogP contribution in [0.15, 0.2) is 29.6 Å². The number of rotatable bonds is 4. The third kappa shape index (κ3) is 5.55. The molecule has 4 nitrogen and oxygen atoms in total. The van der Waals surface area contributed by atoms with Crippen molar-refractivity contribution in [2.24, 2.45) is 0 Å². The maximum Gasteiger partial charge on any atom is 0.407 e. The minimum atomic E-state index is -0.504. The molecule has 0 spiro atoms. The minimum Gasteiger partial charge on any atom is -0.444 e. The molecule has 2 aromatic heterocycles. The lowest BCUT2D eigenvalue weighted by atomic mass is 10.2. The molecule has 120 valence electrons. The molecule has 0 radical (unpaired) electrons. The lowest BCUT2D eigenvalue weighted by molar-refractivity contribution is 0.0524. The lowest BCUT2D eigenvalue weighted by Gasteiger charge is -2.19. The summed E-state index contributed by atoms with van der Waals surface area (Å²) in [7, 11) is 0. The maximum absolute atomic E-state index is 11.6. The average molecular weight is 346 g/mol. The molecule has 0 saturated carbocycles. The largest absolute Gasteiger partial charge is 0.444 e. The van der Waals surface area contributed by atoms with E-state index in [1.807, 2.05) is 56.5 Å². The summed E-state index contributed by atoms with van der Waals surface area (Å²) in [5, 5.41) is 13.9. The second kappa shape index (κ2) is 7.44. The van der Waals surface area contributed by atoms with Gasteiger partial charge in [0.1, 0.15) is 11.7 Å². The topological polar surface area (TPSA) is 62.1 Å². The first kappa shape index (κ1) is 17.3. The third-order valence-corrected chi connectivity index (χ3v) is 4.62. The van der Waals surface area contributed by atoms with Crippen molar-refractivity contribution in [1.29, 1.82) is 5.26 Å². The Hall–Kier alpha value is -2.10. The summed E-state index contributed by atoms with van der Waals surface area (Å²) >= 11 is 3.08. The Kier molecular flexibility index (Phi) is 5.59. The van der Waals surface area contributed by atoms with Crippen molar-refractivity contribution >= 4 is 40.4 Å². The van der Waals surface area contributed by atoms with Crippen molar-refractivity contribution in [1.82, 2.24) is 5.32 Å². The molecule has 6 heteroatoms. The van der Waals surface area contributed by atoms with Crippen molar-refractivity contribution < 1.29 is 9.53 Å². The van der Waals surface area contributed by atoms with Crippen LogP contribution in [0.4, 0.5) is 4.79 Å². The number of amides is 1. The molecular formula is C17H18N2O2S2. The zero-order valence-corrected chi connectivity index (χ0v) is 14.9. The van der Waals surface area contributed by atoms with Gasteiger partial charge in [-0.15, -0.1) is 22.7 Å². The smallest absolute Gasteiger partial charge is 0.407 e. The van der Waals surface area contributed by atoms with Crippen molar-refractivity contribution in [3.63, 3.8) is 0 Å². The average Bonchev–Trinajstić information content (AvgIpc) is 3.12. The van der Waals surface area contributed by atoms with E-state index in [1.54, 1.807) is 22.7 Å². The van der Waals surface area contributed by atoms with Crippen molar-refractivity contribution in [3.8, 4) is 6.07 Å². The fourth-order valence-electron chi connectivity index (χ4n) is 1.77. The molecule has 2 aromatic rings. The molecule has 0 aromatic carbocycles. The number of carbonyl (C=O) groups is 1. The summed E-state index contributed by atoms with van der Waals surface area (Å²) in [5.41, 5.74) is 0.143. The van der Waals surface area contributed by atoms with E-state index in [1.165, 1.54) is 0 Å². The van der Waals surface area contributed by atoms with Crippen LogP contribution in [0.25, 0.3) is 11.6 Å². The highest BCUT2D eigenvalue weighted by atomic mass is 32.1. The standard InChI is InChI=1S/C17H18N2O2S2/c1-17(2,3)21-16(20)19-11-14-7-6-13(23-14)9-12(10-18)15-5-4-8-22-15/h4-9H,11H2,1-3H3,(H,19,20). The van der Waals surface area contributed by atoms with E-state index in [0.717, 1.165) is 14.6 Å². The molecule has 2 heterocycles.